The van der Waals surface area contributed by atoms with Gasteiger partial charge in [0, 0.05) is 24.8 Å². The summed E-state index contributed by atoms with van der Waals surface area (Å²) in [6.07, 6.45) is 6.39. The zero-order valence-electron chi connectivity index (χ0n) is 20.8. The van der Waals surface area contributed by atoms with Gasteiger partial charge in [-0.2, -0.15) is 0 Å². The molecule has 2 heterocycles. The zero-order chi connectivity index (χ0) is 25.9. The second-order valence-corrected chi connectivity index (χ2v) is 7.66. The molecular weight excluding hydrogens is 520 g/mol. The minimum atomic E-state index is -0.170. The van der Waals surface area contributed by atoms with Crippen molar-refractivity contribution in [3.63, 3.8) is 0 Å². The Bertz CT molecular complexity index is 1270. The second kappa shape index (κ2) is 14.4. The molecule has 0 N–H and O–H groups in total. The molecule has 0 unspecified atom stereocenters. The number of aromatic nitrogens is 2. The van der Waals surface area contributed by atoms with Crippen LogP contribution in [0.1, 0.15) is 22.3 Å². The maximum Gasteiger partial charge on any atom is 2.00 e. The van der Waals surface area contributed by atoms with Gasteiger partial charge < -0.3 is 19.7 Å². The molecule has 2 aromatic carbocycles. The predicted octanol–water partition coefficient (Wildman–Crippen LogP) is 4.44. The monoisotopic (exact) mass is 545 g/mol. The number of ether oxygens (including phenoxy) is 2. The van der Waals surface area contributed by atoms with E-state index in [1.807, 2.05) is 38.1 Å². The average Bonchev–Trinajstić information content (AvgIpc) is 2.88. The van der Waals surface area contributed by atoms with E-state index in [9.17, 15) is 10.2 Å². The first-order valence-corrected chi connectivity index (χ1v) is 11.0. The average molecular weight is 546 g/mol. The van der Waals surface area contributed by atoms with E-state index in [0.717, 1.165) is 11.1 Å². The smallest absolute Gasteiger partial charge is 0.870 e. The minimum absolute atomic E-state index is 0. The summed E-state index contributed by atoms with van der Waals surface area (Å²) in [6, 6.07) is 17.6. The Labute approximate surface area is 226 Å². The number of benzene rings is 2. The molecule has 37 heavy (non-hydrogen) atoms. The Morgan fingerprint density at radius 3 is 1.43 bits per heavy atom. The summed E-state index contributed by atoms with van der Waals surface area (Å²) < 4.78 is 9.93. The summed E-state index contributed by atoms with van der Waals surface area (Å²) in [5, 5.41) is 23.7. The van der Waals surface area contributed by atoms with E-state index in [0.29, 0.717) is 34.3 Å². The van der Waals surface area contributed by atoms with Gasteiger partial charge in [-0.25, -0.2) is 20.0 Å². The first-order valence-electron chi connectivity index (χ1n) is 11.0. The van der Waals surface area contributed by atoms with Crippen molar-refractivity contribution in [2.24, 2.45) is 9.98 Å². The van der Waals surface area contributed by atoms with Crippen LogP contribution in [-0.2, 0) is 17.1 Å². The van der Waals surface area contributed by atoms with Gasteiger partial charge in [-0.05, 0) is 72.5 Å². The normalized spacial score (nSPS) is 10.5. The van der Waals surface area contributed by atoms with Crippen molar-refractivity contribution in [2.45, 2.75) is 13.8 Å². The number of nitrogens with zero attached hydrogens (tertiary/aromatic N) is 4. The van der Waals surface area contributed by atoms with Crippen molar-refractivity contribution in [3.8, 4) is 23.0 Å². The second-order valence-electron chi connectivity index (χ2n) is 7.66. The molecule has 193 valence electrons. The molecule has 0 bridgehead atoms. The molecule has 1 radical (unpaired) electrons. The summed E-state index contributed by atoms with van der Waals surface area (Å²) in [5.74, 6) is 1.45. The summed E-state index contributed by atoms with van der Waals surface area (Å²) >= 11 is 0. The van der Waals surface area contributed by atoms with E-state index in [4.69, 9.17) is 9.47 Å². The molecule has 4 aromatic rings. The minimum Gasteiger partial charge on any atom is -0.870 e. The van der Waals surface area contributed by atoms with Crippen molar-refractivity contribution in [2.75, 3.05) is 14.2 Å². The maximum absolute atomic E-state index is 11.9. The Morgan fingerprint density at radius 2 is 1.08 bits per heavy atom. The maximum atomic E-state index is 11.9. The van der Waals surface area contributed by atoms with Crippen LogP contribution in [0.2, 0.25) is 0 Å². The number of para-hydroxylation sites is 2. The van der Waals surface area contributed by atoms with Gasteiger partial charge in [-0.3, -0.25) is 0 Å². The largest absolute Gasteiger partial charge is 2.00 e. The van der Waals surface area contributed by atoms with Crippen LogP contribution in [-0.4, -0.2) is 36.6 Å². The zero-order valence-corrected chi connectivity index (χ0v) is 21.7. The van der Waals surface area contributed by atoms with Crippen LogP contribution in [0.15, 0.2) is 83.0 Å². The van der Waals surface area contributed by atoms with Gasteiger partial charge in [0.2, 0.25) is 0 Å². The fraction of sp³-hybridized carbons (Fsp3) is 0.143. The van der Waals surface area contributed by atoms with Crippen LogP contribution in [0.25, 0.3) is 0 Å². The van der Waals surface area contributed by atoms with E-state index >= 15 is 0 Å². The number of methoxy groups -OCH3 is 2. The Kier molecular flexibility index (Phi) is 11.3. The van der Waals surface area contributed by atoms with E-state index in [-0.39, 0.29) is 28.6 Å². The number of aliphatic imine (C=N–C) groups is 2. The molecule has 0 atom stereocenters. The van der Waals surface area contributed by atoms with Gasteiger partial charge in [-0.15, -0.1) is 0 Å². The van der Waals surface area contributed by atoms with Crippen LogP contribution in [0, 0.1) is 13.8 Å². The van der Waals surface area contributed by atoms with Gasteiger partial charge >= 0.3 is 17.1 Å². The number of pyridine rings is 2. The molecule has 0 saturated heterocycles. The van der Waals surface area contributed by atoms with Crippen molar-refractivity contribution in [1.82, 2.24) is 9.97 Å². The fourth-order valence-corrected chi connectivity index (χ4v) is 3.04. The molecule has 0 aliphatic rings. The molecule has 2 aromatic heterocycles. The van der Waals surface area contributed by atoms with Crippen LogP contribution in [0.3, 0.4) is 0 Å². The van der Waals surface area contributed by atoms with Gasteiger partial charge in [-0.1, -0.05) is 35.8 Å². The third kappa shape index (κ3) is 8.45. The van der Waals surface area contributed by atoms with Crippen molar-refractivity contribution >= 4 is 24.1 Å². The van der Waals surface area contributed by atoms with Gasteiger partial charge in [0.15, 0.2) is 11.6 Å². The first-order chi connectivity index (χ1) is 17.4. The van der Waals surface area contributed by atoms with Crippen LogP contribution in [0.4, 0.5) is 11.6 Å². The third-order valence-corrected chi connectivity index (χ3v) is 4.93. The summed E-state index contributed by atoms with van der Waals surface area (Å²) in [7, 11) is 2.94. The number of rotatable bonds is 6. The summed E-state index contributed by atoms with van der Waals surface area (Å²) in [4.78, 5) is 16.6. The molecule has 0 saturated carbocycles. The van der Waals surface area contributed by atoms with Crippen LogP contribution in [0.5, 0.6) is 23.0 Å². The number of aryl methyl sites for hydroxylation is 2. The van der Waals surface area contributed by atoms with E-state index in [1.165, 1.54) is 26.6 Å². The molecular formula is C28H26CuN4O4. The first kappa shape index (κ1) is 29.0. The third-order valence-electron chi connectivity index (χ3n) is 4.93. The van der Waals surface area contributed by atoms with E-state index < -0.39 is 0 Å². The standard InChI is InChI=1S/2C14H14N2O2.Cu/c2*1-10-6-7-15-13(8-10)16-9-11-4-3-5-12(18-2)14(11)17;/h2*3-9,17H,1-2H3;/q;;+2/p-2. The molecule has 0 amide bonds. The molecule has 9 heteroatoms. The van der Waals surface area contributed by atoms with Crippen molar-refractivity contribution < 1.29 is 36.8 Å². The Balaban J connectivity index is 0.000000253. The number of hydrogen-bond acceptors (Lipinski definition) is 8. The molecule has 0 aliphatic carbocycles. The quantitative estimate of drug-likeness (QED) is 0.261. The topological polar surface area (TPSA) is 115 Å². The van der Waals surface area contributed by atoms with Crippen LogP contribution < -0.4 is 19.7 Å². The summed E-state index contributed by atoms with van der Waals surface area (Å²) in [6.45, 7) is 3.93. The molecule has 4 rings (SSSR count). The molecule has 8 nitrogen and oxygen atoms in total. The summed E-state index contributed by atoms with van der Waals surface area (Å²) in [5.41, 5.74) is 3.12. The van der Waals surface area contributed by atoms with Crippen molar-refractivity contribution in [1.29, 1.82) is 0 Å². The molecule has 0 spiro atoms. The fourth-order valence-electron chi connectivity index (χ4n) is 3.04. The van der Waals surface area contributed by atoms with Crippen molar-refractivity contribution in [3.05, 3.63) is 95.3 Å². The SMILES string of the molecule is COc1cccc(C=Nc2cc(C)ccn2)c1[O-].COc1cccc(C=Nc2cc(C)ccn2)c1[O-].[Cu+2]. The van der Waals surface area contributed by atoms with Gasteiger partial charge in [0.25, 0.3) is 0 Å². The van der Waals surface area contributed by atoms with E-state index in [1.54, 1.807) is 48.8 Å². The van der Waals surface area contributed by atoms with Gasteiger partial charge in [0.05, 0.1) is 14.2 Å². The van der Waals surface area contributed by atoms with Crippen LogP contribution >= 0.6 is 0 Å². The number of hydrogen-bond donors (Lipinski definition) is 0. The molecule has 0 aliphatic heterocycles. The predicted molar refractivity (Wildman–Crippen MR) is 137 cm³/mol. The Hall–Kier alpha value is -4.20. The van der Waals surface area contributed by atoms with E-state index in [2.05, 4.69) is 20.0 Å². The van der Waals surface area contributed by atoms with Gasteiger partial charge in [0.1, 0.15) is 11.5 Å². The molecule has 0 fully saturated rings. The Morgan fingerprint density at radius 1 is 0.676 bits per heavy atom.